The lowest BCUT2D eigenvalue weighted by Gasteiger charge is -2.11. The second-order valence-corrected chi connectivity index (χ2v) is 4.91. The Labute approximate surface area is 140 Å². The number of esters is 1. The third-order valence-electron chi connectivity index (χ3n) is 3.19. The predicted octanol–water partition coefficient (Wildman–Crippen LogP) is 3.99. The largest absolute Gasteiger partial charge is 0.493 e. The maximum atomic E-state index is 12.9. The van der Waals surface area contributed by atoms with E-state index in [0.29, 0.717) is 18.1 Å². The maximum absolute atomic E-state index is 12.9. The van der Waals surface area contributed by atoms with Crippen LogP contribution in [-0.2, 0) is 16.1 Å². The molecule has 24 heavy (non-hydrogen) atoms. The van der Waals surface area contributed by atoms with Gasteiger partial charge in [0.25, 0.3) is 0 Å². The number of halogens is 1. The van der Waals surface area contributed by atoms with Crippen LogP contribution in [0.25, 0.3) is 6.08 Å². The molecule has 2 aromatic carbocycles. The van der Waals surface area contributed by atoms with Crippen LogP contribution in [0.2, 0.25) is 0 Å². The fourth-order valence-corrected chi connectivity index (χ4v) is 2.01. The molecule has 0 fully saturated rings. The van der Waals surface area contributed by atoms with Crippen molar-refractivity contribution in [2.75, 3.05) is 13.7 Å². The summed E-state index contributed by atoms with van der Waals surface area (Å²) in [6.07, 6.45) is 3.00. The first-order valence-electron chi connectivity index (χ1n) is 7.52. The molecule has 0 bridgehead atoms. The van der Waals surface area contributed by atoms with Crippen LogP contribution in [0.1, 0.15) is 18.1 Å². The first-order valence-corrected chi connectivity index (χ1v) is 7.52. The monoisotopic (exact) mass is 330 g/mol. The van der Waals surface area contributed by atoms with Crippen molar-refractivity contribution in [3.8, 4) is 11.5 Å². The molecular formula is C19H19FO4. The van der Waals surface area contributed by atoms with Crippen LogP contribution in [0.4, 0.5) is 4.39 Å². The maximum Gasteiger partial charge on any atom is 0.330 e. The van der Waals surface area contributed by atoms with Crippen LogP contribution in [0, 0.1) is 5.82 Å². The molecular weight excluding hydrogens is 311 g/mol. The molecule has 0 N–H and O–H groups in total. The summed E-state index contributed by atoms with van der Waals surface area (Å²) >= 11 is 0. The Morgan fingerprint density at radius 3 is 2.54 bits per heavy atom. The molecule has 0 aliphatic rings. The van der Waals surface area contributed by atoms with Crippen LogP contribution >= 0.6 is 0 Å². The molecule has 0 saturated carbocycles. The molecule has 0 aliphatic heterocycles. The van der Waals surface area contributed by atoms with Crippen molar-refractivity contribution in [1.29, 1.82) is 0 Å². The Balaban J connectivity index is 2.10. The molecule has 0 unspecified atom stereocenters. The minimum Gasteiger partial charge on any atom is -0.493 e. The van der Waals surface area contributed by atoms with E-state index >= 15 is 0 Å². The minimum absolute atomic E-state index is 0.279. The quantitative estimate of drug-likeness (QED) is 0.569. The Kier molecular flexibility index (Phi) is 6.37. The van der Waals surface area contributed by atoms with Gasteiger partial charge in [-0.15, -0.1) is 0 Å². The summed E-state index contributed by atoms with van der Waals surface area (Å²) in [4.78, 5) is 11.4. The lowest BCUT2D eigenvalue weighted by molar-refractivity contribution is -0.137. The van der Waals surface area contributed by atoms with Crippen molar-refractivity contribution in [3.63, 3.8) is 0 Å². The van der Waals surface area contributed by atoms with E-state index in [-0.39, 0.29) is 12.4 Å². The van der Waals surface area contributed by atoms with Crippen LogP contribution < -0.4 is 9.47 Å². The van der Waals surface area contributed by atoms with Gasteiger partial charge in [-0.05, 0) is 48.4 Å². The fraction of sp³-hybridized carbons (Fsp3) is 0.211. The molecule has 0 radical (unpaired) electrons. The van der Waals surface area contributed by atoms with Gasteiger partial charge in [-0.2, -0.15) is 0 Å². The zero-order chi connectivity index (χ0) is 17.4. The Morgan fingerprint density at radius 1 is 1.12 bits per heavy atom. The number of hydrogen-bond donors (Lipinski definition) is 0. The third kappa shape index (κ3) is 5.12. The minimum atomic E-state index is -0.401. The molecule has 0 heterocycles. The first kappa shape index (κ1) is 17.5. The van der Waals surface area contributed by atoms with Crippen LogP contribution in [-0.4, -0.2) is 19.7 Å². The molecule has 0 aliphatic carbocycles. The predicted molar refractivity (Wildman–Crippen MR) is 89.4 cm³/mol. The second-order valence-electron chi connectivity index (χ2n) is 4.91. The number of benzene rings is 2. The zero-order valence-electron chi connectivity index (χ0n) is 13.6. The summed E-state index contributed by atoms with van der Waals surface area (Å²) in [6.45, 7) is 2.36. The molecule has 0 amide bonds. The van der Waals surface area contributed by atoms with Crippen molar-refractivity contribution in [3.05, 3.63) is 65.5 Å². The molecule has 0 atom stereocenters. The molecule has 0 spiro atoms. The molecule has 0 aromatic heterocycles. The van der Waals surface area contributed by atoms with Crippen molar-refractivity contribution in [2.24, 2.45) is 0 Å². The lowest BCUT2D eigenvalue weighted by Crippen LogP contribution is -1.99. The fourth-order valence-electron chi connectivity index (χ4n) is 2.01. The van der Waals surface area contributed by atoms with Gasteiger partial charge in [0.15, 0.2) is 11.5 Å². The van der Waals surface area contributed by atoms with Crippen molar-refractivity contribution < 1.29 is 23.4 Å². The normalized spacial score (nSPS) is 10.6. The third-order valence-corrected chi connectivity index (χ3v) is 3.19. The molecule has 2 aromatic rings. The van der Waals surface area contributed by atoms with E-state index in [1.807, 2.05) is 0 Å². The second kappa shape index (κ2) is 8.72. The van der Waals surface area contributed by atoms with Crippen molar-refractivity contribution >= 4 is 12.0 Å². The van der Waals surface area contributed by atoms with E-state index in [1.165, 1.54) is 18.2 Å². The van der Waals surface area contributed by atoms with Gasteiger partial charge in [-0.25, -0.2) is 9.18 Å². The van der Waals surface area contributed by atoms with Crippen molar-refractivity contribution in [2.45, 2.75) is 13.5 Å². The molecule has 0 saturated heterocycles. The summed E-state index contributed by atoms with van der Waals surface area (Å²) < 4.78 is 28.8. The number of hydrogen-bond acceptors (Lipinski definition) is 4. The van der Waals surface area contributed by atoms with Gasteiger partial charge in [-0.1, -0.05) is 18.2 Å². The average molecular weight is 330 g/mol. The molecule has 2 rings (SSSR count). The highest BCUT2D eigenvalue weighted by Crippen LogP contribution is 2.29. The SMILES string of the molecule is CCOC(=O)/C=C/c1ccc(OC)c(OCc2ccc(F)cc2)c1. The highest BCUT2D eigenvalue weighted by atomic mass is 19.1. The molecule has 5 heteroatoms. The summed E-state index contributed by atoms with van der Waals surface area (Å²) in [7, 11) is 1.55. The standard InChI is InChI=1S/C19H19FO4/c1-3-23-19(21)11-7-14-6-10-17(22-2)18(12-14)24-13-15-4-8-16(20)9-5-15/h4-12H,3,13H2,1-2H3/b11-7+. The summed E-state index contributed by atoms with van der Waals surface area (Å²) in [5.74, 6) is 0.419. The smallest absolute Gasteiger partial charge is 0.330 e. The Morgan fingerprint density at radius 2 is 1.88 bits per heavy atom. The van der Waals surface area contributed by atoms with Gasteiger partial charge in [0.2, 0.25) is 0 Å². The van der Waals surface area contributed by atoms with Gasteiger partial charge in [-0.3, -0.25) is 0 Å². The molecule has 126 valence electrons. The van der Waals surface area contributed by atoms with E-state index in [4.69, 9.17) is 14.2 Å². The van der Waals surface area contributed by atoms with Gasteiger partial charge >= 0.3 is 5.97 Å². The number of carbonyl (C=O) groups is 1. The van der Waals surface area contributed by atoms with Crippen LogP contribution in [0.15, 0.2) is 48.5 Å². The highest BCUT2D eigenvalue weighted by Gasteiger charge is 2.06. The Bertz CT molecular complexity index is 708. The Hall–Kier alpha value is -2.82. The topological polar surface area (TPSA) is 44.8 Å². The van der Waals surface area contributed by atoms with Gasteiger partial charge in [0, 0.05) is 6.08 Å². The van der Waals surface area contributed by atoms with Gasteiger partial charge in [0.1, 0.15) is 12.4 Å². The van der Waals surface area contributed by atoms with Crippen LogP contribution in [0.5, 0.6) is 11.5 Å². The number of carbonyl (C=O) groups excluding carboxylic acids is 1. The van der Waals surface area contributed by atoms with Crippen LogP contribution in [0.3, 0.4) is 0 Å². The zero-order valence-corrected chi connectivity index (χ0v) is 13.6. The average Bonchev–Trinajstić information content (AvgIpc) is 2.60. The van der Waals surface area contributed by atoms with E-state index in [9.17, 15) is 9.18 Å². The van der Waals surface area contributed by atoms with E-state index in [1.54, 1.807) is 50.4 Å². The number of ether oxygens (including phenoxy) is 3. The number of rotatable bonds is 7. The van der Waals surface area contributed by atoms with E-state index in [2.05, 4.69) is 0 Å². The first-order chi connectivity index (χ1) is 11.6. The van der Waals surface area contributed by atoms with E-state index in [0.717, 1.165) is 11.1 Å². The number of methoxy groups -OCH3 is 1. The lowest BCUT2D eigenvalue weighted by atomic mass is 10.2. The van der Waals surface area contributed by atoms with Crippen molar-refractivity contribution in [1.82, 2.24) is 0 Å². The van der Waals surface area contributed by atoms with Gasteiger partial charge in [0.05, 0.1) is 13.7 Å². The highest BCUT2D eigenvalue weighted by molar-refractivity contribution is 5.87. The van der Waals surface area contributed by atoms with E-state index < -0.39 is 5.97 Å². The molecule has 4 nitrogen and oxygen atoms in total. The summed E-state index contributed by atoms with van der Waals surface area (Å²) in [5.41, 5.74) is 1.61. The summed E-state index contributed by atoms with van der Waals surface area (Å²) in [6, 6.07) is 11.4. The summed E-state index contributed by atoms with van der Waals surface area (Å²) in [5, 5.41) is 0. The van der Waals surface area contributed by atoms with Gasteiger partial charge < -0.3 is 14.2 Å².